The molecule has 0 bridgehead atoms. The van der Waals surface area contributed by atoms with Gasteiger partial charge < -0.3 is 5.32 Å². The molecule has 0 aromatic heterocycles. The summed E-state index contributed by atoms with van der Waals surface area (Å²) in [6.07, 6.45) is 1.04. The van der Waals surface area contributed by atoms with E-state index < -0.39 is 32.0 Å². The van der Waals surface area contributed by atoms with Gasteiger partial charge in [-0.2, -0.15) is 0 Å². The number of hydrogen-bond donors (Lipinski definition) is 2. The largest absolute Gasteiger partial charge is 0.324 e. The standard InChI is InChI=1S/C25H29N3O5S2/c1-17-6-12-23(13-7-17)28(34(5,30)31)20(4)25(29)26-21-10-14-24(15-11-21)35(32,33)27-22-9-8-18(2)19(3)16-22/h6-16,20,27H,1-5H3,(H,26,29)/t20-/m1/s1. The Labute approximate surface area is 207 Å². The second kappa shape index (κ2) is 10.1. The molecule has 3 aromatic carbocycles. The quantitative estimate of drug-likeness (QED) is 0.467. The topological polar surface area (TPSA) is 113 Å². The summed E-state index contributed by atoms with van der Waals surface area (Å²) >= 11 is 0. The average Bonchev–Trinajstić information content (AvgIpc) is 2.77. The molecule has 0 aliphatic heterocycles. The Balaban J connectivity index is 1.76. The van der Waals surface area contributed by atoms with Crippen molar-refractivity contribution >= 4 is 43.0 Å². The summed E-state index contributed by atoms with van der Waals surface area (Å²) in [6, 6.07) is 16.7. The third kappa shape index (κ3) is 6.40. The van der Waals surface area contributed by atoms with E-state index in [2.05, 4.69) is 10.0 Å². The fourth-order valence-corrected chi connectivity index (χ4v) is 5.71. The van der Waals surface area contributed by atoms with Crippen molar-refractivity contribution in [2.75, 3.05) is 20.6 Å². The second-order valence-electron chi connectivity index (χ2n) is 8.49. The zero-order valence-electron chi connectivity index (χ0n) is 20.2. The van der Waals surface area contributed by atoms with Crippen LogP contribution in [0.5, 0.6) is 0 Å². The van der Waals surface area contributed by atoms with Gasteiger partial charge in [-0.05, 0) is 87.4 Å². The molecule has 0 unspecified atom stereocenters. The predicted octanol–water partition coefficient (Wildman–Crippen LogP) is 4.21. The monoisotopic (exact) mass is 515 g/mol. The molecule has 8 nitrogen and oxygen atoms in total. The minimum absolute atomic E-state index is 0.0270. The van der Waals surface area contributed by atoms with Crippen molar-refractivity contribution < 1.29 is 21.6 Å². The SMILES string of the molecule is Cc1ccc(N([C@H](C)C(=O)Nc2ccc(S(=O)(=O)Nc3ccc(C)c(C)c3)cc2)S(C)(=O)=O)cc1. The maximum Gasteiger partial charge on any atom is 0.261 e. The van der Waals surface area contributed by atoms with Crippen LogP contribution in [0.3, 0.4) is 0 Å². The highest BCUT2D eigenvalue weighted by Gasteiger charge is 2.29. The molecule has 3 rings (SSSR count). The third-order valence-corrected chi connectivity index (χ3v) is 8.21. The fraction of sp³-hybridized carbons (Fsp3) is 0.240. The molecule has 1 atom stereocenters. The van der Waals surface area contributed by atoms with Gasteiger partial charge in [-0.25, -0.2) is 16.8 Å². The number of anilines is 3. The van der Waals surface area contributed by atoms with Crippen LogP contribution in [0, 0.1) is 20.8 Å². The number of amides is 1. The molecule has 0 saturated heterocycles. The Bertz CT molecular complexity index is 1430. The van der Waals surface area contributed by atoms with Crippen molar-refractivity contribution in [3.05, 3.63) is 83.4 Å². The first-order chi connectivity index (χ1) is 16.3. The van der Waals surface area contributed by atoms with Gasteiger partial charge in [0.25, 0.3) is 10.0 Å². The van der Waals surface area contributed by atoms with E-state index in [1.54, 1.807) is 36.4 Å². The number of carbonyl (C=O) groups is 1. The van der Waals surface area contributed by atoms with Gasteiger partial charge in [0.1, 0.15) is 6.04 Å². The third-order valence-electron chi connectivity index (χ3n) is 5.57. The van der Waals surface area contributed by atoms with Crippen LogP contribution in [0.4, 0.5) is 17.1 Å². The number of hydrogen-bond acceptors (Lipinski definition) is 5. The molecule has 2 N–H and O–H groups in total. The molecule has 3 aromatic rings. The van der Waals surface area contributed by atoms with E-state index in [4.69, 9.17) is 0 Å². The van der Waals surface area contributed by atoms with E-state index in [1.807, 2.05) is 26.8 Å². The smallest absolute Gasteiger partial charge is 0.261 e. The van der Waals surface area contributed by atoms with E-state index in [1.165, 1.54) is 31.2 Å². The first kappa shape index (κ1) is 26.2. The summed E-state index contributed by atoms with van der Waals surface area (Å²) < 4.78 is 54.0. The second-order valence-corrected chi connectivity index (χ2v) is 12.0. The number of rotatable bonds is 8. The molecular weight excluding hydrogens is 486 g/mol. The van der Waals surface area contributed by atoms with E-state index in [0.717, 1.165) is 27.3 Å². The Hall–Kier alpha value is -3.37. The Kier molecular flexibility index (Phi) is 7.56. The van der Waals surface area contributed by atoms with Crippen molar-refractivity contribution in [2.24, 2.45) is 0 Å². The summed E-state index contributed by atoms with van der Waals surface area (Å²) in [7, 11) is -7.57. The van der Waals surface area contributed by atoms with Crippen molar-refractivity contribution in [3.8, 4) is 0 Å². The molecular formula is C25H29N3O5S2. The van der Waals surface area contributed by atoms with E-state index in [0.29, 0.717) is 17.1 Å². The van der Waals surface area contributed by atoms with Crippen molar-refractivity contribution in [1.82, 2.24) is 0 Å². The highest BCUT2D eigenvalue weighted by molar-refractivity contribution is 7.92. The summed E-state index contributed by atoms with van der Waals surface area (Å²) in [6.45, 7) is 7.21. The lowest BCUT2D eigenvalue weighted by molar-refractivity contribution is -0.116. The van der Waals surface area contributed by atoms with E-state index in [-0.39, 0.29) is 4.90 Å². The molecule has 10 heteroatoms. The van der Waals surface area contributed by atoms with Crippen LogP contribution in [-0.4, -0.2) is 35.0 Å². The average molecular weight is 516 g/mol. The van der Waals surface area contributed by atoms with Crippen LogP contribution in [-0.2, 0) is 24.8 Å². The van der Waals surface area contributed by atoms with E-state index >= 15 is 0 Å². The summed E-state index contributed by atoms with van der Waals surface area (Å²) in [5.41, 5.74) is 4.15. The molecule has 0 aliphatic rings. The molecule has 186 valence electrons. The normalized spacial score (nSPS) is 12.6. The Morgan fingerprint density at radius 3 is 1.91 bits per heavy atom. The van der Waals surface area contributed by atoms with Crippen LogP contribution in [0.25, 0.3) is 0 Å². The number of aryl methyl sites for hydroxylation is 3. The summed E-state index contributed by atoms with van der Waals surface area (Å²) in [4.78, 5) is 12.9. The van der Waals surface area contributed by atoms with Gasteiger partial charge in [-0.3, -0.25) is 13.8 Å². The van der Waals surface area contributed by atoms with Crippen LogP contribution in [0.1, 0.15) is 23.6 Å². The van der Waals surface area contributed by atoms with Crippen LogP contribution >= 0.6 is 0 Å². The van der Waals surface area contributed by atoms with Gasteiger partial charge in [0.2, 0.25) is 15.9 Å². The first-order valence-electron chi connectivity index (χ1n) is 10.8. The van der Waals surface area contributed by atoms with Crippen LogP contribution in [0.2, 0.25) is 0 Å². The van der Waals surface area contributed by atoms with Gasteiger partial charge in [0.05, 0.1) is 16.8 Å². The van der Waals surface area contributed by atoms with Gasteiger partial charge in [0.15, 0.2) is 0 Å². The van der Waals surface area contributed by atoms with E-state index in [9.17, 15) is 21.6 Å². The Morgan fingerprint density at radius 2 is 1.37 bits per heavy atom. The van der Waals surface area contributed by atoms with Gasteiger partial charge in [-0.1, -0.05) is 23.8 Å². The van der Waals surface area contributed by atoms with Gasteiger partial charge >= 0.3 is 0 Å². The van der Waals surface area contributed by atoms with Crippen molar-refractivity contribution in [3.63, 3.8) is 0 Å². The number of nitrogens with one attached hydrogen (secondary N) is 2. The molecule has 35 heavy (non-hydrogen) atoms. The molecule has 1 amide bonds. The minimum atomic E-state index is -3.83. The van der Waals surface area contributed by atoms with Crippen LogP contribution < -0.4 is 14.3 Å². The molecule has 0 saturated carbocycles. The summed E-state index contributed by atoms with van der Waals surface area (Å²) in [5, 5.41) is 2.66. The molecule has 0 fully saturated rings. The lowest BCUT2D eigenvalue weighted by atomic mass is 10.1. The zero-order chi connectivity index (χ0) is 26.0. The highest BCUT2D eigenvalue weighted by Crippen LogP contribution is 2.23. The van der Waals surface area contributed by atoms with Crippen molar-refractivity contribution in [2.45, 2.75) is 38.6 Å². The highest BCUT2D eigenvalue weighted by atomic mass is 32.2. The first-order valence-corrected chi connectivity index (χ1v) is 14.2. The maximum absolute atomic E-state index is 12.9. The Morgan fingerprint density at radius 1 is 0.800 bits per heavy atom. The van der Waals surface area contributed by atoms with Crippen LogP contribution in [0.15, 0.2) is 71.6 Å². The van der Waals surface area contributed by atoms with Gasteiger partial charge in [0, 0.05) is 11.4 Å². The lowest BCUT2D eigenvalue weighted by Crippen LogP contribution is -2.45. The zero-order valence-corrected chi connectivity index (χ0v) is 21.9. The molecule has 0 spiro atoms. The van der Waals surface area contributed by atoms with Crippen molar-refractivity contribution in [1.29, 1.82) is 0 Å². The fourth-order valence-electron chi connectivity index (χ4n) is 3.48. The number of benzene rings is 3. The summed E-state index contributed by atoms with van der Waals surface area (Å²) in [5.74, 6) is -0.556. The molecule has 0 aliphatic carbocycles. The number of nitrogens with zero attached hydrogens (tertiary/aromatic N) is 1. The molecule has 0 heterocycles. The predicted molar refractivity (Wildman–Crippen MR) is 140 cm³/mol. The van der Waals surface area contributed by atoms with Gasteiger partial charge in [-0.15, -0.1) is 0 Å². The number of sulfonamides is 2. The number of carbonyl (C=O) groups excluding carboxylic acids is 1. The lowest BCUT2D eigenvalue weighted by Gasteiger charge is -2.28. The minimum Gasteiger partial charge on any atom is -0.324 e. The molecule has 0 radical (unpaired) electrons. The maximum atomic E-state index is 12.9.